The van der Waals surface area contributed by atoms with Gasteiger partial charge in [-0.05, 0) is 30.3 Å². The molecule has 0 atom stereocenters. The van der Waals surface area contributed by atoms with E-state index in [9.17, 15) is 9.59 Å². The van der Waals surface area contributed by atoms with Crippen LogP contribution in [0.4, 0.5) is 5.69 Å². The van der Waals surface area contributed by atoms with Crippen molar-refractivity contribution in [1.29, 1.82) is 0 Å². The van der Waals surface area contributed by atoms with E-state index in [1.165, 1.54) is 12.3 Å². The zero-order valence-electron chi connectivity index (χ0n) is 10.8. The summed E-state index contributed by atoms with van der Waals surface area (Å²) in [6.45, 7) is -0.260. The third-order valence-electron chi connectivity index (χ3n) is 2.59. The maximum atomic E-state index is 12.0. The van der Waals surface area contributed by atoms with Gasteiger partial charge in [-0.2, -0.15) is 0 Å². The topological polar surface area (TPSA) is 82.2 Å². The Bertz CT molecular complexity index is 787. The van der Waals surface area contributed by atoms with E-state index < -0.39 is 11.5 Å². The van der Waals surface area contributed by atoms with Crippen LogP contribution in [0.1, 0.15) is 15.9 Å². The molecule has 3 N–H and O–H groups in total. The molecule has 0 aliphatic carbocycles. The Morgan fingerprint density at radius 2 is 2.19 bits per heavy atom. The van der Waals surface area contributed by atoms with Crippen LogP contribution < -0.4 is 10.9 Å². The highest BCUT2D eigenvalue weighted by Crippen LogP contribution is 2.23. The van der Waals surface area contributed by atoms with Crippen molar-refractivity contribution in [3.63, 3.8) is 0 Å². The van der Waals surface area contributed by atoms with E-state index >= 15 is 0 Å². The van der Waals surface area contributed by atoms with Crippen molar-refractivity contribution in [2.75, 3.05) is 11.9 Å². The fraction of sp³-hybridized carbons (Fsp3) is 0.0667. The standard InChI is InChI=1S/C15H11ClN2O3/c16-12-6-5-10(3-2-8-19)9-13(12)18-15(21)11-4-1-7-17-14(11)20/h1,4-7,9,19H,8H2,(H,17,20)(H,18,21). The summed E-state index contributed by atoms with van der Waals surface area (Å²) in [4.78, 5) is 26.0. The van der Waals surface area contributed by atoms with Crippen LogP contribution in [0.3, 0.4) is 0 Å². The number of carbonyl (C=O) groups is 1. The molecule has 0 saturated carbocycles. The molecule has 1 aromatic heterocycles. The fourth-order valence-electron chi connectivity index (χ4n) is 1.63. The molecule has 0 radical (unpaired) electrons. The maximum Gasteiger partial charge on any atom is 0.261 e. The molecule has 1 aromatic carbocycles. The molecule has 0 aliphatic rings. The molecule has 1 heterocycles. The number of aromatic nitrogens is 1. The molecule has 2 aromatic rings. The molecular weight excluding hydrogens is 292 g/mol. The van der Waals surface area contributed by atoms with Crippen LogP contribution in [0.25, 0.3) is 0 Å². The van der Waals surface area contributed by atoms with Crippen molar-refractivity contribution in [2.45, 2.75) is 0 Å². The van der Waals surface area contributed by atoms with Crippen LogP contribution in [0.5, 0.6) is 0 Å². The van der Waals surface area contributed by atoms with Crippen LogP contribution in [0, 0.1) is 11.8 Å². The van der Waals surface area contributed by atoms with Crippen LogP contribution in [0.15, 0.2) is 41.3 Å². The molecule has 0 unspecified atom stereocenters. The van der Waals surface area contributed by atoms with E-state index in [0.717, 1.165) is 0 Å². The number of anilines is 1. The molecule has 5 nitrogen and oxygen atoms in total. The summed E-state index contributed by atoms with van der Waals surface area (Å²) in [7, 11) is 0. The Morgan fingerprint density at radius 1 is 1.38 bits per heavy atom. The van der Waals surface area contributed by atoms with Gasteiger partial charge >= 0.3 is 0 Å². The lowest BCUT2D eigenvalue weighted by Crippen LogP contribution is -2.22. The molecule has 0 aliphatic heterocycles. The highest BCUT2D eigenvalue weighted by Gasteiger charge is 2.11. The number of carbonyl (C=O) groups excluding carboxylic acids is 1. The predicted octanol–water partition coefficient (Wildman–Crippen LogP) is 1.62. The first-order valence-electron chi connectivity index (χ1n) is 6.00. The lowest BCUT2D eigenvalue weighted by molar-refractivity contribution is 0.102. The summed E-state index contributed by atoms with van der Waals surface area (Å²) in [6.07, 6.45) is 1.44. The Morgan fingerprint density at radius 3 is 2.90 bits per heavy atom. The normalized spacial score (nSPS) is 9.62. The zero-order valence-corrected chi connectivity index (χ0v) is 11.6. The van der Waals surface area contributed by atoms with Gasteiger partial charge in [-0.15, -0.1) is 0 Å². The van der Waals surface area contributed by atoms with Crippen molar-refractivity contribution in [1.82, 2.24) is 4.98 Å². The van der Waals surface area contributed by atoms with E-state index in [-0.39, 0.29) is 12.2 Å². The van der Waals surface area contributed by atoms with Gasteiger partial charge in [-0.1, -0.05) is 23.4 Å². The minimum Gasteiger partial charge on any atom is -0.384 e. The number of pyridine rings is 1. The monoisotopic (exact) mass is 302 g/mol. The van der Waals surface area contributed by atoms with Crippen molar-refractivity contribution < 1.29 is 9.90 Å². The predicted molar refractivity (Wildman–Crippen MR) is 80.4 cm³/mol. The van der Waals surface area contributed by atoms with Crippen LogP contribution >= 0.6 is 11.6 Å². The van der Waals surface area contributed by atoms with E-state index in [0.29, 0.717) is 16.3 Å². The van der Waals surface area contributed by atoms with Gasteiger partial charge in [-0.3, -0.25) is 9.59 Å². The summed E-state index contributed by atoms with van der Waals surface area (Å²) >= 11 is 6.00. The number of nitrogens with one attached hydrogen (secondary N) is 2. The van der Waals surface area contributed by atoms with Gasteiger partial charge in [0.05, 0.1) is 10.7 Å². The number of halogens is 1. The van der Waals surface area contributed by atoms with Crippen molar-refractivity contribution in [3.8, 4) is 11.8 Å². The van der Waals surface area contributed by atoms with E-state index in [2.05, 4.69) is 22.1 Å². The minimum absolute atomic E-state index is 0.0135. The second-order valence-corrected chi connectivity index (χ2v) is 4.43. The van der Waals surface area contributed by atoms with Gasteiger partial charge in [0.1, 0.15) is 12.2 Å². The van der Waals surface area contributed by atoms with Gasteiger partial charge in [0.2, 0.25) is 0 Å². The third-order valence-corrected chi connectivity index (χ3v) is 2.92. The number of hydrogen-bond donors (Lipinski definition) is 3. The first-order chi connectivity index (χ1) is 10.1. The lowest BCUT2D eigenvalue weighted by atomic mass is 10.2. The van der Waals surface area contributed by atoms with Gasteiger partial charge in [0.15, 0.2) is 0 Å². The van der Waals surface area contributed by atoms with Crippen molar-refractivity contribution in [3.05, 3.63) is 63.0 Å². The number of aromatic amines is 1. The second kappa shape index (κ2) is 6.75. The Balaban J connectivity index is 2.29. The number of hydrogen-bond acceptors (Lipinski definition) is 3. The molecule has 0 spiro atoms. The number of aliphatic hydroxyl groups is 1. The summed E-state index contributed by atoms with van der Waals surface area (Å²) in [5.41, 5.74) is 0.433. The molecule has 0 fully saturated rings. The van der Waals surface area contributed by atoms with Crippen LogP contribution in [0.2, 0.25) is 5.02 Å². The third kappa shape index (κ3) is 3.72. The molecular formula is C15H11ClN2O3. The SMILES string of the molecule is O=C(Nc1cc(C#CCO)ccc1Cl)c1ccc[nH]c1=O. The number of benzene rings is 1. The first kappa shape index (κ1) is 14.9. The smallest absolute Gasteiger partial charge is 0.261 e. The maximum absolute atomic E-state index is 12.0. The van der Waals surface area contributed by atoms with Crippen molar-refractivity contribution in [2.24, 2.45) is 0 Å². The highest BCUT2D eigenvalue weighted by molar-refractivity contribution is 6.34. The molecule has 21 heavy (non-hydrogen) atoms. The van der Waals surface area contributed by atoms with Gasteiger partial charge < -0.3 is 15.4 Å². The Kier molecular flexibility index (Phi) is 4.77. The number of H-pyrrole nitrogens is 1. The molecule has 0 bridgehead atoms. The largest absolute Gasteiger partial charge is 0.384 e. The molecule has 2 rings (SSSR count). The van der Waals surface area contributed by atoms with Crippen molar-refractivity contribution >= 4 is 23.2 Å². The van der Waals surface area contributed by atoms with Gasteiger partial charge in [-0.25, -0.2) is 0 Å². The minimum atomic E-state index is -0.564. The molecule has 0 saturated heterocycles. The average molecular weight is 303 g/mol. The van der Waals surface area contributed by atoms with E-state index in [4.69, 9.17) is 16.7 Å². The van der Waals surface area contributed by atoms with E-state index in [1.54, 1.807) is 24.3 Å². The Labute approximate surface area is 125 Å². The van der Waals surface area contributed by atoms with Gasteiger partial charge in [0.25, 0.3) is 11.5 Å². The van der Waals surface area contributed by atoms with E-state index in [1.807, 2.05) is 0 Å². The molecule has 1 amide bonds. The first-order valence-corrected chi connectivity index (χ1v) is 6.38. The van der Waals surface area contributed by atoms with Crippen LogP contribution in [-0.4, -0.2) is 22.6 Å². The average Bonchev–Trinajstić information content (AvgIpc) is 2.48. The lowest BCUT2D eigenvalue weighted by Gasteiger charge is -2.07. The summed E-state index contributed by atoms with van der Waals surface area (Å²) in [6, 6.07) is 7.78. The second-order valence-electron chi connectivity index (χ2n) is 4.02. The summed E-state index contributed by atoms with van der Waals surface area (Å²) in [5.74, 6) is 4.64. The Hall–Kier alpha value is -2.55. The number of amides is 1. The van der Waals surface area contributed by atoms with Crippen LogP contribution in [-0.2, 0) is 0 Å². The quantitative estimate of drug-likeness (QED) is 0.737. The highest BCUT2D eigenvalue weighted by atomic mass is 35.5. The number of rotatable bonds is 2. The number of aliphatic hydroxyl groups excluding tert-OH is 1. The molecule has 6 heteroatoms. The zero-order chi connectivity index (χ0) is 15.2. The fourth-order valence-corrected chi connectivity index (χ4v) is 1.80. The summed E-state index contributed by atoms with van der Waals surface area (Å²) in [5, 5.41) is 11.6. The van der Waals surface area contributed by atoms with Gasteiger partial charge in [0, 0.05) is 11.8 Å². The molecule has 106 valence electrons. The summed E-state index contributed by atoms with van der Waals surface area (Å²) < 4.78 is 0.